The molecule has 0 spiro atoms. The van der Waals surface area contributed by atoms with Crippen molar-refractivity contribution < 1.29 is 13.2 Å². The fourth-order valence-corrected chi connectivity index (χ4v) is 4.80. The van der Waals surface area contributed by atoms with Gasteiger partial charge < -0.3 is 4.74 Å². The summed E-state index contributed by atoms with van der Waals surface area (Å²) < 4.78 is 32.5. The number of hydrogen-bond acceptors (Lipinski definition) is 5. The summed E-state index contributed by atoms with van der Waals surface area (Å²) in [5, 5.41) is 1.71. The monoisotopic (exact) mass is 324 g/mol. The van der Waals surface area contributed by atoms with Gasteiger partial charge >= 0.3 is 0 Å². The Bertz CT molecular complexity index is 713. The third kappa shape index (κ3) is 3.09. The molecule has 7 heteroatoms. The molecule has 1 saturated carbocycles. The maximum Gasteiger partial charge on any atom is 0.253 e. The number of aromatic nitrogens is 1. The first kappa shape index (κ1) is 14.5. The summed E-state index contributed by atoms with van der Waals surface area (Å²) in [6.45, 7) is 0.447. The van der Waals surface area contributed by atoms with Crippen LogP contribution in [0.2, 0.25) is 0 Å². The molecule has 0 radical (unpaired) electrons. The molecule has 1 fully saturated rings. The summed E-state index contributed by atoms with van der Waals surface area (Å²) in [5.41, 5.74) is 1.18. The lowest BCUT2D eigenvalue weighted by Gasteiger charge is -2.06. The number of methoxy groups -OCH3 is 1. The highest BCUT2D eigenvalue weighted by Crippen LogP contribution is 2.46. The van der Waals surface area contributed by atoms with Crippen molar-refractivity contribution in [2.24, 2.45) is 5.92 Å². The van der Waals surface area contributed by atoms with E-state index in [9.17, 15) is 8.42 Å². The largest absolute Gasteiger partial charge is 0.494 e. The normalized spacial score (nSPS) is 21.2. The van der Waals surface area contributed by atoms with E-state index >= 15 is 0 Å². The van der Waals surface area contributed by atoms with Crippen LogP contribution in [0, 0.1) is 5.92 Å². The van der Waals surface area contributed by atoms with Gasteiger partial charge in [-0.05, 0) is 41.3 Å². The molecule has 0 unspecified atom stereocenters. The second-order valence-corrected chi connectivity index (χ2v) is 7.90. The highest BCUT2D eigenvalue weighted by molar-refractivity contribution is 7.91. The molecule has 2 atom stereocenters. The summed E-state index contributed by atoms with van der Waals surface area (Å²) in [5.74, 6) is 1.15. The van der Waals surface area contributed by atoms with E-state index in [1.165, 1.54) is 12.7 Å². The number of pyridine rings is 1. The Balaban J connectivity index is 1.61. The quantitative estimate of drug-likeness (QED) is 0.885. The molecule has 0 aliphatic heterocycles. The van der Waals surface area contributed by atoms with E-state index in [1.54, 1.807) is 17.6 Å². The molecule has 1 aliphatic carbocycles. The molecule has 1 N–H and O–H groups in total. The molecule has 0 aromatic carbocycles. The second kappa shape index (κ2) is 5.75. The number of ether oxygens (including phenoxy) is 1. The van der Waals surface area contributed by atoms with Gasteiger partial charge in [0, 0.05) is 18.9 Å². The summed E-state index contributed by atoms with van der Waals surface area (Å²) in [7, 11) is -2.02. The fraction of sp³-hybridized carbons (Fsp3) is 0.357. The van der Waals surface area contributed by atoms with Crippen molar-refractivity contribution in [3.05, 3.63) is 41.5 Å². The first-order chi connectivity index (χ1) is 10.1. The first-order valence-electron chi connectivity index (χ1n) is 6.63. The standard InChI is InChI=1S/C14H16N2O3S2/c1-19-13-4-6-20-14(13)21(17,18)16-9-11-7-12(11)10-3-2-5-15-8-10/h2-6,8,11-12,16H,7,9H2,1H3/t11-,12-/m0/s1. The third-order valence-electron chi connectivity index (χ3n) is 3.63. The molecule has 21 heavy (non-hydrogen) atoms. The molecule has 1 aliphatic rings. The Hall–Kier alpha value is -1.44. The predicted octanol–water partition coefficient (Wildman–Crippen LogP) is 2.23. The lowest BCUT2D eigenvalue weighted by molar-refractivity contribution is 0.406. The van der Waals surface area contributed by atoms with Gasteiger partial charge in [0.1, 0.15) is 5.75 Å². The summed E-state index contributed by atoms with van der Waals surface area (Å²) in [4.78, 5) is 4.10. The summed E-state index contributed by atoms with van der Waals surface area (Å²) in [6.07, 6.45) is 4.59. The first-order valence-corrected chi connectivity index (χ1v) is 8.99. The molecule has 0 bridgehead atoms. The fourth-order valence-electron chi connectivity index (χ4n) is 2.39. The molecular weight excluding hydrogens is 308 g/mol. The second-order valence-electron chi connectivity index (χ2n) is 5.02. The van der Waals surface area contributed by atoms with Gasteiger partial charge in [-0.3, -0.25) is 4.98 Å². The van der Waals surface area contributed by atoms with E-state index in [0.29, 0.717) is 24.1 Å². The predicted molar refractivity (Wildman–Crippen MR) is 81.1 cm³/mol. The van der Waals surface area contributed by atoms with Gasteiger partial charge in [0.05, 0.1) is 7.11 Å². The van der Waals surface area contributed by atoms with Crippen LogP contribution in [-0.2, 0) is 10.0 Å². The van der Waals surface area contributed by atoms with Crippen LogP contribution in [0.3, 0.4) is 0 Å². The van der Waals surface area contributed by atoms with E-state index in [-0.39, 0.29) is 4.21 Å². The molecule has 5 nitrogen and oxygen atoms in total. The highest BCUT2D eigenvalue weighted by Gasteiger charge is 2.39. The van der Waals surface area contributed by atoms with Gasteiger partial charge in [-0.25, -0.2) is 13.1 Å². The number of rotatable bonds is 6. The minimum Gasteiger partial charge on any atom is -0.494 e. The Morgan fingerprint density at radius 3 is 3.05 bits per heavy atom. The average Bonchev–Trinajstić information content (AvgIpc) is 3.11. The van der Waals surface area contributed by atoms with E-state index < -0.39 is 10.0 Å². The SMILES string of the molecule is COc1ccsc1S(=O)(=O)NC[C@@H]1C[C@H]1c1cccnc1. The molecule has 3 rings (SSSR count). The Labute approximate surface area is 128 Å². The van der Waals surface area contributed by atoms with E-state index in [1.807, 2.05) is 18.3 Å². The third-order valence-corrected chi connectivity index (χ3v) is 6.50. The molecule has 2 aromatic rings. The summed E-state index contributed by atoms with van der Waals surface area (Å²) >= 11 is 1.16. The lowest BCUT2D eigenvalue weighted by Crippen LogP contribution is -2.25. The maximum atomic E-state index is 12.3. The number of sulfonamides is 1. The molecule has 0 amide bonds. The zero-order valence-electron chi connectivity index (χ0n) is 11.5. The zero-order chi connectivity index (χ0) is 14.9. The van der Waals surface area contributed by atoms with E-state index in [2.05, 4.69) is 9.71 Å². The Kier molecular flexibility index (Phi) is 3.97. The molecule has 0 saturated heterocycles. The van der Waals surface area contributed by atoms with Crippen LogP contribution >= 0.6 is 11.3 Å². The Morgan fingerprint density at radius 1 is 1.48 bits per heavy atom. The number of thiophene rings is 1. The number of hydrogen-bond donors (Lipinski definition) is 1. The van der Waals surface area contributed by atoms with Gasteiger partial charge in [0.25, 0.3) is 10.0 Å². The number of nitrogens with one attached hydrogen (secondary N) is 1. The number of nitrogens with zero attached hydrogens (tertiary/aromatic N) is 1. The smallest absolute Gasteiger partial charge is 0.253 e. The van der Waals surface area contributed by atoms with Crippen LogP contribution in [-0.4, -0.2) is 27.1 Å². The van der Waals surface area contributed by atoms with Crippen molar-refractivity contribution in [2.75, 3.05) is 13.7 Å². The summed E-state index contributed by atoms with van der Waals surface area (Å²) in [6, 6.07) is 5.61. The van der Waals surface area contributed by atoms with Gasteiger partial charge in [-0.15, -0.1) is 11.3 Å². The van der Waals surface area contributed by atoms with Crippen molar-refractivity contribution >= 4 is 21.4 Å². The van der Waals surface area contributed by atoms with Crippen molar-refractivity contribution in [1.29, 1.82) is 0 Å². The molecular formula is C14H16N2O3S2. The van der Waals surface area contributed by atoms with Gasteiger partial charge in [0.2, 0.25) is 0 Å². The van der Waals surface area contributed by atoms with Crippen LogP contribution < -0.4 is 9.46 Å². The minimum absolute atomic E-state index is 0.239. The molecule has 2 heterocycles. The van der Waals surface area contributed by atoms with Crippen molar-refractivity contribution in [2.45, 2.75) is 16.5 Å². The van der Waals surface area contributed by atoms with Crippen molar-refractivity contribution in [1.82, 2.24) is 9.71 Å². The van der Waals surface area contributed by atoms with Crippen LogP contribution in [0.4, 0.5) is 0 Å². The topological polar surface area (TPSA) is 68.3 Å². The van der Waals surface area contributed by atoms with Crippen LogP contribution in [0.15, 0.2) is 40.2 Å². The molecule has 112 valence electrons. The van der Waals surface area contributed by atoms with Gasteiger partial charge in [0.15, 0.2) is 4.21 Å². The van der Waals surface area contributed by atoms with Crippen molar-refractivity contribution in [3.8, 4) is 5.75 Å². The minimum atomic E-state index is -3.49. The maximum absolute atomic E-state index is 12.3. The van der Waals surface area contributed by atoms with Crippen LogP contribution in [0.5, 0.6) is 5.75 Å². The van der Waals surface area contributed by atoms with E-state index in [0.717, 1.165) is 17.8 Å². The Morgan fingerprint density at radius 2 is 2.33 bits per heavy atom. The zero-order valence-corrected chi connectivity index (χ0v) is 13.2. The van der Waals surface area contributed by atoms with E-state index in [4.69, 9.17) is 4.74 Å². The van der Waals surface area contributed by atoms with Crippen LogP contribution in [0.1, 0.15) is 17.9 Å². The average molecular weight is 324 g/mol. The highest BCUT2D eigenvalue weighted by atomic mass is 32.2. The van der Waals surface area contributed by atoms with Crippen LogP contribution in [0.25, 0.3) is 0 Å². The lowest BCUT2D eigenvalue weighted by atomic mass is 10.1. The molecule has 2 aromatic heterocycles. The van der Waals surface area contributed by atoms with Crippen molar-refractivity contribution in [3.63, 3.8) is 0 Å². The van der Waals surface area contributed by atoms with Gasteiger partial charge in [-0.1, -0.05) is 6.07 Å². The van der Waals surface area contributed by atoms with Gasteiger partial charge in [-0.2, -0.15) is 0 Å².